The van der Waals surface area contributed by atoms with E-state index >= 15 is 0 Å². The molecule has 0 aromatic carbocycles. The summed E-state index contributed by atoms with van der Waals surface area (Å²) in [6.07, 6.45) is 1.08. The summed E-state index contributed by atoms with van der Waals surface area (Å²) in [4.78, 5) is 20.2. The molecule has 1 aromatic heterocycles. The highest BCUT2D eigenvalue weighted by Gasteiger charge is 2.03. The molecule has 1 aromatic rings. The van der Waals surface area contributed by atoms with Crippen molar-refractivity contribution < 1.29 is 14.0 Å². The van der Waals surface area contributed by atoms with Crippen molar-refractivity contribution in [3.8, 4) is 0 Å². The van der Waals surface area contributed by atoms with E-state index in [9.17, 15) is 9.59 Å². The zero-order valence-electron chi connectivity index (χ0n) is 4.96. The second kappa shape index (κ2) is 2.61. The minimum atomic E-state index is 0.138. The van der Waals surface area contributed by atoms with Crippen LogP contribution in [0.1, 0.15) is 21.1 Å². The Morgan fingerprint density at radius 1 is 1.40 bits per heavy atom. The molecule has 0 saturated carbocycles. The number of carbonyl (C=O) groups is 2. The first kappa shape index (κ1) is 6.95. The van der Waals surface area contributed by atoms with Crippen LogP contribution in [0.3, 0.4) is 0 Å². The molecule has 1 heterocycles. The molecule has 1 rings (SSSR count). The van der Waals surface area contributed by atoms with Crippen molar-refractivity contribution in [3.05, 3.63) is 17.6 Å². The molecule has 0 fully saturated rings. The van der Waals surface area contributed by atoms with Crippen molar-refractivity contribution in [2.45, 2.75) is 0 Å². The van der Waals surface area contributed by atoms with E-state index in [1.54, 1.807) is 0 Å². The van der Waals surface area contributed by atoms with Gasteiger partial charge in [0.1, 0.15) is 0 Å². The number of aldehydes is 2. The lowest BCUT2D eigenvalue weighted by molar-refractivity contribution is 0.108. The quantitative estimate of drug-likeness (QED) is 0.430. The Labute approximate surface area is 60.4 Å². The van der Waals surface area contributed by atoms with Gasteiger partial charge < -0.3 is 4.42 Å². The number of carbonyl (C=O) groups excluding carboxylic acids is 2. The summed E-state index contributed by atoms with van der Waals surface area (Å²) < 4.78 is 4.73. The van der Waals surface area contributed by atoms with Crippen molar-refractivity contribution in [2.24, 2.45) is 0 Å². The average Bonchev–Trinajstić information content (AvgIpc) is 2.30. The third-order valence-electron chi connectivity index (χ3n) is 1.00. The lowest BCUT2D eigenvalue weighted by Gasteiger charge is -1.79. The van der Waals surface area contributed by atoms with Crippen LogP contribution in [0.2, 0.25) is 0 Å². The summed E-state index contributed by atoms with van der Waals surface area (Å²) in [7, 11) is 3.08. The molecule has 10 heavy (non-hydrogen) atoms. The molecular formula is C6H3O3Si. The zero-order valence-corrected chi connectivity index (χ0v) is 5.96. The molecule has 0 amide bonds. The zero-order chi connectivity index (χ0) is 7.56. The van der Waals surface area contributed by atoms with Crippen LogP contribution >= 0.6 is 0 Å². The molecule has 0 atom stereocenters. The smallest absolute Gasteiger partial charge is 0.185 e. The van der Waals surface area contributed by atoms with Crippen LogP contribution < -0.4 is 5.19 Å². The van der Waals surface area contributed by atoms with Crippen molar-refractivity contribution in [1.29, 1.82) is 0 Å². The highest BCUT2D eigenvalue weighted by Crippen LogP contribution is 1.97. The third-order valence-corrected chi connectivity index (χ3v) is 1.39. The fraction of sp³-hybridized carbons (Fsp3) is 0. The van der Waals surface area contributed by atoms with Gasteiger partial charge in [-0.15, -0.1) is 0 Å². The monoisotopic (exact) mass is 151 g/mol. The Hall–Kier alpha value is -1.16. The van der Waals surface area contributed by atoms with E-state index in [1.807, 2.05) is 0 Å². The van der Waals surface area contributed by atoms with E-state index in [0.29, 0.717) is 17.8 Å². The van der Waals surface area contributed by atoms with Gasteiger partial charge in [0, 0.05) is 0 Å². The Morgan fingerprint density at radius 3 is 2.40 bits per heavy atom. The minimum Gasteiger partial charge on any atom is -0.451 e. The normalized spacial score (nSPS) is 9.30. The minimum absolute atomic E-state index is 0.138. The SMILES string of the molecule is O=Cc1cc([Si])c(C=O)o1. The number of hydrogen-bond acceptors (Lipinski definition) is 3. The van der Waals surface area contributed by atoms with Crippen molar-refractivity contribution >= 4 is 28.0 Å². The second-order valence-electron chi connectivity index (χ2n) is 1.66. The average molecular weight is 151 g/mol. The predicted molar refractivity (Wildman–Crippen MR) is 34.9 cm³/mol. The summed E-state index contributed by atoms with van der Waals surface area (Å²) in [5.41, 5.74) is 0. The fourth-order valence-corrected chi connectivity index (χ4v) is 0.823. The van der Waals surface area contributed by atoms with Crippen molar-refractivity contribution in [1.82, 2.24) is 0 Å². The van der Waals surface area contributed by atoms with E-state index in [-0.39, 0.29) is 11.5 Å². The van der Waals surface area contributed by atoms with E-state index in [4.69, 9.17) is 4.42 Å². The summed E-state index contributed by atoms with van der Waals surface area (Å²) in [5.74, 6) is 0.283. The summed E-state index contributed by atoms with van der Waals surface area (Å²) in [6.45, 7) is 0. The first-order valence-corrected chi connectivity index (χ1v) is 3.03. The molecule has 0 saturated heterocycles. The predicted octanol–water partition coefficient (Wildman–Crippen LogP) is -0.302. The number of furan rings is 1. The maximum absolute atomic E-state index is 10.1. The number of hydrogen-bond donors (Lipinski definition) is 0. The first-order chi connectivity index (χ1) is 4.77. The van der Waals surface area contributed by atoms with Gasteiger partial charge in [-0.25, -0.2) is 0 Å². The van der Waals surface area contributed by atoms with Crippen LogP contribution in [0, 0.1) is 0 Å². The maximum atomic E-state index is 10.1. The lowest BCUT2D eigenvalue weighted by Crippen LogP contribution is -2.03. The highest BCUT2D eigenvalue weighted by atomic mass is 28.1. The molecule has 0 N–H and O–H groups in total. The molecule has 0 unspecified atom stereocenters. The molecular weight excluding hydrogens is 148 g/mol. The largest absolute Gasteiger partial charge is 0.451 e. The van der Waals surface area contributed by atoms with E-state index in [0.717, 1.165) is 0 Å². The second-order valence-corrected chi connectivity index (χ2v) is 2.20. The molecule has 3 radical (unpaired) electrons. The molecule has 49 valence electrons. The maximum Gasteiger partial charge on any atom is 0.185 e. The van der Waals surface area contributed by atoms with Gasteiger partial charge in [0.05, 0.1) is 10.2 Å². The number of rotatable bonds is 2. The summed E-state index contributed by atoms with van der Waals surface area (Å²) >= 11 is 0. The molecule has 0 spiro atoms. The summed E-state index contributed by atoms with van der Waals surface area (Å²) in [5, 5.41) is 0.497. The molecule has 0 bridgehead atoms. The van der Waals surface area contributed by atoms with E-state index in [1.165, 1.54) is 6.07 Å². The van der Waals surface area contributed by atoms with Crippen LogP contribution in [-0.4, -0.2) is 22.8 Å². The summed E-state index contributed by atoms with van der Waals surface area (Å²) in [6, 6.07) is 1.44. The van der Waals surface area contributed by atoms with Crippen LogP contribution in [0.15, 0.2) is 10.5 Å². The van der Waals surface area contributed by atoms with Crippen molar-refractivity contribution in [3.63, 3.8) is 0 Å². The van der Waals surface area contributed by atoms with Crippen LogP contribution in [0.25, 0.3) is 0 Å². The van der Waals surface area contributed by atoms with Gasteiger partial charge in [-0.1, -0.05) is 0 Å². The van der Waals surface area contributed by atoms with Gasteiger partial charge in [-0.05, 0) is 11.3 Å². The topological polar surface area (TPSA) is 47.3 Å². The van der Waals surface area contributed by atoms with E-state index < -0.39 is 0 Å². The molecule has 3 nitrogen and oxygen atoms in total. The Balaban J connectivity index is 3.15. The third kappa shape index (κ3) is 1.06. The van der Waals surface area contributed by atoms with Crippen LogP contribution in [0.4, 0.5) is 0 Å². The highest BCUT2D eigenvalue weighted by molar-refractivity contribution is 6.35. The Morgan fingerprint density at radius 2 is 2.10 bits per heavy atom. The van der Waals surface area contributed by atoms with Crippen LogP contribution in [-0.2, 0) is 0 Å². The lowest BCUT2D eigenvalue weighted by atomic mass is 10.4. The molecule has 4 heteroatoms. The van der Waals surface area contributed by atoms with Gasteiger partial charge in [-0.2, -0.15) is 0 Å². The van der Waals surface area contributed by atoms with Gasteiger partial charge in [0.15, 0.2) is 24.1 Å². The standard InChI is InChI=1S/C6H3O3Si/c7-2-4-1-6(10)5(3-8)9-4/h1-3H. The van der Waals surface area contributed by atoms with Gasteiger partial charge in [-0.3, -0.25) is 9.59 Å². The molecule has 0 aliphatic heterocycles. The fourth-order valence-electron chi connectivity index (χ4n) is 0.570. The molecule has 0 aliphatic rings. The van der Waals surface area contributed by atoms with Crippen LogP contribution in [0.5, 0.6) is 0 Å². The molecule has 0 aliphatic carbocycles. The Kier molecular flexibility index (Phi) is 1.82. The van der Waals surface area contributed by atoms with Crippen molar-refractivity contribution in [2.75, 3.05) is 0 Å². The van der Waals surface area contributed by atoms with Gasteiger partial charge in [0.25, 0.3) is 0 Å². The van der Waals surface area contributed by atoms with E-state index in [2.05, 4.69) is 10.2 Å². The van der Waals surface area contributed by atoms with Gasteiger partial charge >= 0.3 is 0 Å². The van der Waals surface area contributed by atoms with Gasteiger partial charge in [0.2, 0.25) is 0 Å². The Bertz CT molecular complexity index is 264. The first-order valence-electron chi connectivity index (χ1n) is 2.53.